The molecule has 9 heteroatoms. The molecular weight excluding hydrogens is 383 g/mol. The van der Waals surface area contributed by atoms with Gasteiger partial charge in [0.05, 0.1) is 6.10 Å². The van der Waals surface area contributed by atoms with Gasteiger partial charge in [-0.05, 0) is 53.9 Å². The average Bonchev–Trinajstić information content (AvgIpc) is 2.64. The fourth-order valence-electron chi connectivity index (χ4n) is 2.58. The highest BCUT2D eigenvalue weighted by Gasteiger charge is 2.20. The smallest absolute Gasteiger partial charge is 0.239 e. The Labute approximate surface area is 183 Å². The van der Waals surface area contributed by atoms with Crippen LogP contribution in [0.4, 0.5) is 0 Å². The molecule has 0 fully saturated rings. The molecule has 1 unspecified atom stereocenters. The number of hydrogen-bond acceptors (Lipinski definition) is 5. The molecule has 173 valence electrons. The Balaban J connectivity index is 4.34. The first-order valence-electron chi connectivity index (χ1n) is 11.2. The van der Waals surface area contributed by atoms with Crippen molar-refractivity contribution in [3.63, 3.8) is 0 Å². The van der Waals surface area contributed by atoms with Gasteiger partial charge < -0.3 is 25.6 Å². The summed E-state index contributed by atoms with van der Waals surface area (Å²) in [5, 5.41) is 8.81. The van der Waals surface area contributed by atoms with Gasteiger partial charge in [-0.25, -0.2) is 0 Å². The number of amides is 3. The van der Waals surface area contributed by atoms with Crippen LogP contribution in [-0.2, 0) is 19.1 Å². The molecule has 1 atom stereocenters. The largest absolute Gasteiger partial charge is 0.379 e. The second kappa shape index (κ2) is 17.1. The molecule has 0 heterocycles. The zero-order valence-electron chi connectivity index (χ0n) is 19.8. The topological polar surface area (TPSA) is 99.8 Å². The number of ether oxygens (including phenoxy) is 1. The zero-order chi connectivity index (χ0) is 22.9. The Kier molecular flexibility index (Phi) is 16.2. The van der Waals surface area contributed by atoms with Gasteiger partial charge in [-0.1, -0.05) is 13.2 Å². The van der Waals surface area contributed by atoms with Crippen molar-refractivity contribution in [1.29, 1.82) is 0 Å². The van der Waals surface area contributed by atoms with Gasteiger partial charge >= 0.3 is 0 Å². The van der Waals surface area contributed by atoms with Crippen molar-refractivity contribution < 1.29 is 19.1 Å². The average molecular weight is 425 g/mol. The summed E-state index contributed by atoms with van der Waals surface area (Å²) in [6, 6.07) is 0.00798. The molecule has 0 saturated heterocycles. The van der Waals surface area contributed by atoms with Crippen LogP contribution in [0.3, 0.4) is 0 Å². The molecule has 3 amide bonds. The van der Waals surface area contributed by atoms with E-state index in [4.69, 9.17) is 4.74 Å². The van der Waals surface area contributed by atoms with Crippen molar-refractivity contribution in [2.24, 2.45) is 0 Å². The van der Waals surface area contributed by atoms with Crippen LogP contribution in [0.1, 0.15) is 60.8 Å². The summed E-state index contributed by atoms with van der Waals surface area (Å²) in [7, 11) is 2.13. The van der Waals surface area contributed by atoms with E-state index in [2.05, 4.69) is 23.2 Å². The monoisotopic (exact) mass is 425 g/mol. The van der Waals surface area contributed by atoms with Crippen molar-refractivity contribution in [2.75, 3.05) is 32.7 Å². The number of rotatable bonds is 17. The van der Waals surface area contributed by atoms with E-state index in [-0.39, 0.29) is 55.4 Å². The van der Waals surface area contributed by atoms with Crippen LogP contribution < -0.4 is 16.0 Å². The van der Waals surface area contributed by atoms with Crippen molar-refractivity contribution in [2.45, 2.75) is 85.3 Å². The zero-order valence-corrected chi connectivity index (χ0v) is 19.8. The first-order chi connectivity index (χ1) is 14.1. The summed E-state index contributed by atoms with van der Waals surface area (Å²) in [5.74, 6) is -0.731. The van der Waals surface area contributed by atoms with Gasteiger partial charge in [0.2, 0.25) is 17.7 Å². The lowest BCUT2D eigenvalue weighted by Crippen LogP contribution is -2.48. The molecule has 3 N–H and O–H groups in total. The Morgan fingerprint density at radius 3 is 2.20 bits per heavy atom. The van der Waals surface area contributed by atoms with Gasteiger partial charge in [0.15, 0.2) is 0 Å². The number of carbonyl (C=O) groups is 3. The first kappa shape index (κ1) is 28.4. The number of carbonyl (C=O) groups excluding carboxylic acids is 3. The van der Waals surface area contributed by atoms with Gasteiger partial charge in [0.1, 0.15) is 20.4 Å². The highest BCUT2D eigenvalue weighted by Crippen LogP contribution is 1.98. The lowest BCUT2D eigenvalue weighted by atomic mass is 9.73. The minimum atomic E-state index is -0.264. The summed E-state index contributed by atoms with van der Waals surface area (Å²) in [4.78, 5) is 38.2. The fourth-order valence-corrected chi connectivity index (χ4v) is 2.58. The summed E-state index contributed by atoms with van der Waals surface area (Å²) >= 11 is 0. The Hall–Kier alpha value is -1.61. The number of nitrogens with one attached hydrogen (secondary N) is 3. The molecule has 30 heavy (non-hydrogen) atoms. The molecule has 0 aliphatic heterocycles. The molecule has 0 rings (SSSR count). The Bertz CT molecular complexity index is 503. The fraction of sp³-hybridized carbons (Fsp3) is 0.857. The Morgan fingerprint density at radius 2 is 1.63 bits per heavy atom. The lowest BCUT2D eigenvalue weighted by molar-refractivity contribution is -0.139. The quantitative estimate of drug-likeness (QED) is 0.240. The third-order valence-corrected chi connectivity index (χ3v) is 4.30. The molecule has 0 spiro atoms. The highest BCUT2D eigenvalue weighted by atomic mass is 16.5. The summed E-state index contributed by atoms with van der Waals surface area (Å²) < 4.78 is 5.49. The molecule has 0 aromatic heterocycles. The SMILES string of the molecule is CCC(C)NC(=O)CN(CC(=O)NC(C)C)C(=O)CCNC[B]CCCOC(C)C. The van der Waals surface area contributed by atoms with Gasteiger partial charge in [0.25, 0.3) is 0 Å². The van der Waals surface area contributed by atoms with E-state index in [9.17, 15) is 14.4 Å². The second-order valence-corrected chi connectivity index (χ2v) is 8.15. The molecule has 0 aliphatic carbocycles. The van der Waals surface area contributed by atoms with E-state index < -0.39 is 0 Å². The predicted molar refractivity (Wildman–Crippen MR) is 122 cm³/mol. The van der Waals surface area contributed by atoms with Crippen molar-refractivity contribution in [3.8, 4) is 0 Å². The van der Waals surface area contributed by atoms with E-state index in [0.29, 0.717) is 13.0 Å². The van der Waals surface area contributed by atoms with Crippen LogP contribution in [-0.4, -0.2) is 80.8 Å². The van der Waals surface area contributed by atoms with Crippen molar-refractivity contribution in [3.05, 3.63) is 0 Å². The lowest BCUT2D eigenvalue weighted by Gasteiger charge is -2.23. The van der Waals surface area contributed by atoms with Gasteiger partial charge in [-0.15, -0.1) is 0 Å². The van der Waals surface area contributed by atoms with Gasteiger partial charge in [0, 0.05) is 31.7 Å². The number of nitrogens with zero attached hydrogens (tertiary/aromatic N) is 1. The number of hydrogen-bond donors (Lipinski definition) is 3. The molecule has 0 aromatic carbocycles. The standard InChI is InChI=1S/C21H42BN4O4/c1-7-18(6)25-20(28)14-26(13-19(27)24-16(2)3)21(29)9-11-23-15-22-10-8-12-30-17(4)5/h16-18,23H,7-15H2,1-6H3,(H,24,27)(H,25,28). The highest BCUT2D eigenvalue weighted by molar-refractivity contribution is 6.35. The third kappa shape index (κ3) is 16.2. The molecular formula is C21H42BN4O4. The second-order valence-electron chi connectivity index (χ2n) is 8.15. The third-order valence-electron chi connectivity index (χ3n) is 4.30. The normalized spacial score (nSPS) is 12.0. The summed E-state index contributed by atoms with van der Waals surface area (Å²) in [5.41, 5.74) is 0. The summed E-state index contributed by atoms with van der Waals surface area (Å²) in [6.07, 6.45) is 3.92. The van der Waals surface area contributed by atoms with E-state index in [0.717, 1.165) is 25.8 Å². The molecule has 0 bridgehead atoms. The molecule has 1 radical (unpaired) electrons. The summed E-state index contributed by atoms with van der Waals surface area (Å²) in [6.45, 7) is 12.6. The van der Waals surface area contributed by atoms with Crippen LogP contribution in [0.25, 0.3) is 0 Å². The van der Waals surface area contributed by atoms with Crippen molar-refractivity contribution in [1.82, 2.24) is 20.9 Å². The van der Waals surface area contributed by atoms with Crippen LogP contribution in [0.2, 0.25) is 6.32 Å². The molecule has 8 nitrogen and oxygen atoms in total. The van der Waals surface area contributed by atoms with Gasteiger partial charge in [-0.2, -0.15) is 0 Å². The van der Waals surface area contributed by atoms with Crippen LogP contribution in [0.5, 0.6) is 0 Å². The van der Waals surface area contributed by atoms with E-state index in [1.807, 2.05) is 41.5 Å². The van der Waals surface area contributed by atoms with E-state index in [1.54, 1.807) is 0 Å². The van der Waals surface area contributed by atoms with Crippen LogP contribution in [0, 0.1) is 0 Å². The molecule has 0 aliphatic rings. The van der Waals surface area contributed by atoms with E-state index in [1.165, 1.54) is 4.90 Å². The van der Waals surface area contributed by atoms with Crippen LogP contribution in [0.15, 0.2) is 0 Å². The predicted octanol–water partition coefficient (Wildman–Crippen LogP) is 1.13. The Morgan fingerprint density at radius 1 is 1.00 bits per heavy atom. The minimum Gasteiger partial charge on any atom is -0.379 e. The van der Waals surface area contributed by atoms with E-state index >= 15 is 0 Å². The maximum atomic E-state index is 12.6. The molecule has 0 aromatic rings. The minimum absolute atomic E-state index is 0.0217. The maximum Gasteiger partial charge on any atom is 0.239 e. The first-order valence-corrected chi connectivity index (χ1v) is 11.2. The van der Waals surface area contributed by atoms with Crippen molar-refractivity contribution >= 4 is 25.0 Å². The van der Waals surface area contributed by atoms with Crippen LogP contribution >= 0.6 is 0 Å². The maximum absolute atomic E-state index is 12.6. The van der Waals surface area contributed by atoms with Gasteiger partial charge in [-0.3, -0.25) is 14.4 Å². The molecule has 0 saturated carbocycles.